The van der Waals surface area contributed by atoms with Crippen LogP contribution >= 0.6 is 0 Å². The number of hydrogen-bond acceptors (Lipinski definition) is 3. The Balaban J connectivity index is 2.30. The molecule has 20 heavy (non-hydrogen) atoms. The lowest BCUT2D eigenvalue weighted by molar-refractivity contribution is -0.124. The number of carbonyl (C=O) groups is 1. The van der Waals surface area contributed by atoms with Crippen LogP contribution in [-0.4, -0.2) is 20.8 Å². The number of benzene rings is 1. The molecule has 0 spiro atoms. The molecule has 0 radical (unpaired) electrons. The topological polar surface area (TPSA) is 47.8 Å². The van der Waals surface area contributed by atoms with Gasteiger partial charge in [-0.15, -0.1) is 5.10 Å². The van der Waals surface area contributed by atoms with Crippen LogP contribution in [0.2, 0.25) is 0 Å². The fourth-order valence-electron chi connectivity index (χ4n) is 2.78. The van der Waals surface area contributed by atoms with Crippen molar-refractivity contribution >= 4 is 5.78 Å². The van der Waals surface area contributed by atoms with Gasteiger partial charge in [0.25, 0.3) is 0 Å². The fraction of sp³-hybridized carbons (Fsp3) is 0.438. The van der Waals surface area contributed by atoms with E-state index in [4.69, 9.17) is 0 Å². The van der Waals surface area contributed by atoms with Crippen molar-refractivity contribution in [1.29, 1.82) is 0 Å². The quantitative estimate of drug-likeness (QED) is 0.811. The third-order valence-electron chi connectivity index (χ3n) is 4.06. The summed E-state index contributed by atoms with van der Waals surface area (Å²) in [5, 5.41) is 7.91. The van der Waals surface area contributed by atoms with Crippen LogP contribution in [0, 0.1) is 0 Å². The van der Waals surface area contributed by atoms with Gasteiger partial charge in [-0.05, 0) is 18.4 Å². The smallest absolute Gasteiger partial charge is 0.149 e. The molecule has 4 nitrogen and oxygen atoms in total. The van der Waals surface area contributed by atoms with Crippen molar-refractivity contribution in [3.63, 3.8) is 0 Å². The number of ketones is 1. The summed E-state index contributed by atoms with van der Waals surface area (Å²) in [6.45, 7) is 4.15. The molecule has 0 atom stereocenters. The first-order valence-electron chi connectivity index (χ1n) is 7.06. The van der Waals surface area contributed by atoms with Crippen LogP contribution in [0.1, 0.15) is 37.9 Å². The molecular formula is C16H21N3O. The summed E-state index contributed by atoms with van der Waals surface area (Å²) in [6.07, 6.45) is 3.74. The molecule has 0 N–H and O–H groups in total. The molecule has 1 aromatic carbocycles. The SMILES string of the molecule is CCC(CC)(C(=O)Cc1cn(C)nn1)c1ccccc1. The molecular weight excluding hydrogens is 250 g/mol. The second kappa shape index (κ2) is 5.99. The molecule has 2 aromatic rings. The van der Waals surface area contributed by atoms with E-state index in [1.807, 2.05) is 37.4 Å². The van der Waals surface area contributed by atoms with E-state index in [1.54, 1.807) is 10.9 Å². The summed E-state index contributed by atoms with van der Waals surface area (Å²) in [5.41, 5.74) is 1.41. The Morgan fingerprint density at radius 2 is 1.85 bits per heavy atom. The zero-order chi connectivity index (χ0) is 14.6. The molecule has 4 heteroatoms. The van der Waals surface area contributed by atoms with Crippen LogP contribution in [0.5, 0.6) is 0 Å². The molecule has 0 aliphatic carbocycles. The normalized spacial score (nSPS) is 11.6. The Morgan fingerprint density at radius 1 is 1.20 bits per heavy atom. The van der Waals surface area contributed by atoms with Crippen LogP contribution in [-0.2, 0) is 23.7 Å². The first-order valence-corrected chi connectivity index (χ1v) is 7.06. The molecule has 0 fully saturated rings. The van der Waals surface area contributed by atoms with Gasteiger partial charge in [0.1, 0.15) is 5.78 Å². The van der Waals surface area contributed by atoms with Crippen molar-refractivity contribution in [3.8, 4) is 0 Å². The zero-order valence-corrected chi connectivity index (χ0v) is 12.3. The second-order valence-corrected chi connectivity index (χ2v) is 5.14. The maximum Gasteiger partial charge on any atom is 0.149 e. The number of aromatic nitrogens is 3. The van der Waals surface area contributed by atoms with Crippen LogP contribution in [0.3, 0.4) is 0 Å². The highest BCUT2D eigenvalue weighted by Crippen LogP contribution is 2.33. The molecule has 0 saturated carbocycles. The molecule has 0 aliphatic rings. The van der Waals surface area contributed by atoms with Crippen molar-refractivity contribution in [2.75, 3.05) is 0 Å². The predicted molar refractivity (Wildman–Crippen MR) is 78.4 cm³/mol. The van der Waals surface area contributed by atoms with E-state index in [9.17, 15) is 4.79 Å². The average Bonchev–Trinajstić information content (AvgIpc) is 2.87. The van der Waals surface area contributed by atoms with E-state index >= 15 is 0 Å². The Bertz CT molecular complexity index is 570. The molecule has 0 bridgehead atoms. The van der Waals surface area contributed by atoms with Gasteiger partial charge in [-0.1, -0.05) is 49.4 Å². The highest BCUT2D eigenvalue weighted by Gasteiger charge is 2.36. The van der Waals surface area contributed by atoms with Crippen LogP contribution in [0.4, 0.5) is 0 Å². The molecule has 0 unspecified atom stereocenters. The molecule has 0 aliphatic heterocycles. The number of nitrogens with zero attached hydrogens (tertiary/aromatic N) is 3. The minimum absolute atomic E-state index is 0.217. The van der Waals surface area contributed by atoms with Gasteiger partial charge in [0.05, 0.1) is 17.5 Å². The van der Waals surface area contributed by atoms with Gasteiger partial charge >= 0.3 is 0 Å². The van der Waals surface area contributed by atoms with E-state index in [1.165, 1.54) is 0 Å². The van der Waals surface area contributed by atoms with E-state index in [2.05, 4.69) is 24.2 Å². The lowest BCUT2D eigenvalue weighted by Crippen LogP contribution is -2.36. The first kappa shape index (κ1) is 14.4. The Hall–Kier alpha value is -1.97. The lowest BCUT2D eigenvalue weighted by atomic mass is 9.71. The minimum Gasteiger partial charge on any atom is -0.298 e. The van der Waals surface area contributed by atoms with E-state index < -0.39 is 5.41 Å². The number of rotatable bonds is 6. The third-order valence-corrected chi connectivity index (χ3v) is 4.06. The van der Waals surface area contributed by atoms with Crippen LogP contribution < -0.4 is 0 Å². The first-order chi connectivity index (χ1) is 9.62. The molecule has 1 aromatic heterocycles. The molecule has 0 saturated heterocycles. The van der Waals surface area contributed by atoms with Gasteiger partial charge in [-0.25, -0.2) is 0 Å². The number of carbonyl (C=O) groups excluding carboxylic acids is 1. The lowest BCUT2D eigenvalue weighted by Gasteiger charge is -2.30. The maximum atomic E-state index is 12.8. The van der Waals surface area contributed by atoms with Gasteiger partial charge in [0, 0.05) is 13.2 Å². The average molecular weight is 271 g/mol. The minimum atomic E-state index is -0.418. The zero-order valence-electron chi connectivity index (χ0n) is 12.3. The van der Waals surface area contributed by atoms with Crippen LogP contribution in [0.15, 0.2) is 36.5 Å². The van der Waals surface area contributed by atoms with Crippen molar-refractivity contribution in [3.05, 3.63) is 47.8 Å². The summed E-state index contributed by atoms with van der Waals surface area (Å²) in [7, 11) is 1.81. The third kappa shape index (κ3) is 2.64. The number of Topliss-reactive ketones (excluding diaryl/α,β-unsaturated/α-hetero) is 1. The highest BCUT2D eigenvalue weighted by molar-refractivity contribution is 5.91. The summed E-state index contributed by atoms with van der Waals surface area (Å²) in [6, 6.07) is 10.0. The number of hydrogen-bond donors (Lipinski definition) is 0. The monoisotopic (exact) mass is 271 g/mol. The van der Waals surface area contributed by atoms with Crippen molar-refractivity contribution in [2.24, 2.45) is 7.05 Å². The summed E-state index contributed by atoms with van der Waals surface area (Å²) in [4.78, 5) is 12.8. The van der Waals surface area contributed by atoms with Crippen molar-refractivity contribution in [2.45, 2.75) is 38.5 Å². The van der Waals surface area contributed by atoms with Gasteiger partial charge < -0.3 is 0 Å². The van der Waals surface area contributed by atoms with Gasteiger partial charge in [-0.2, -0.15) is 0 Å². The summed E-state index contributed by atoms with van der Waals surface area (Å²) in [5.74, 6) is 0.217. The molecule has 2 rings (SSSR count). The Labute approximate surface area is 119 Å². The highest BCUT2D eigenvalue weighted by atomic mass is 16.1. The Morgan fingerprint density at radius 3 is 2.35 bits per heavy atom. The standard InChI is InChI=1S/C16H21N3O/c1-4-16(5-2,13-9-7-6-8-10-13)15(20)11-14-12-19(3)18-17-14/h6-10,12H,4-5,11H2,1-3H3. The molecule has 0 amide bonds. The van der Waals surface area contributed by atoms with Crippen LogP contribution in [0.25, 0.3) is 0 Å². The maximum absolute atomic E-state index is 12.8. The van der Waals surface area contributed by atoms with Gasteiger partial charge in [-0.3, -0.25) is 9.48 Å². The second-order valence-electron chi connectivity index (χ2n) is 5.14. The fourth-order valence-corrected chi connectivity index (χ4v) is 2.78. The predicted octanol–water partition coefficient (Wildman–Crippen LogP) is 2.68. The van der Waals surface area contributed by atoms with E-state index in [-0.39, 0.29) is 5.78 Å². The van der Waals surface area contributed by atoms with Gasteiger partial charge in [0.15, 0.2) is 0 Å². The summed E-state index contributed by atoms with van der Waals surface area (Å²) < 4.78 is 1.63. The molecule has 106 valence electrons. The van der Waals surface area contributed by atoms with Gasteiger partial charge in [0.2, 0.25) is 0 Å². The van der Waals surface area contributed by atoms with Crippen molar-refractivity contribution in [1.82, 2.24) is 15.0 Å². The van der Waals surface area contributed by atoms with Crippen molar-refractivity contribution < 1.29 is 4.79 Å². The number of aryl methyl sites for hydroxylation is 1. The van der Waals surface area contributed by atoms with E-state index in [0.717, 1.165) is 24.1 Å². The summed E-state index contributed by atoms with van der Waals surface area (Å²) >= 11 is 0. The Kier molecular flexibility index (Phi) is 4.32. The largest absolute Gasteiger partial charge is 0.298 e. The molecule has 1 heterocycles. The van der Waals surface area contributed by atoms with E-state index in [0.29, 0.717) is 6.42 Å².